The molecule has 1 fully saturated rings. The lowest BCUT2D eigenvalue weighted by atomic mass is 9.98. The van der Waals surface area contributed by atoms with Gasteiger partial charge in [0.1, 0.15) is 0 Å². The summed E-state index contributed by atoms with van der Waals surface area (Å²) >= 11 is 0. The number of nitrogens with zero attached hydrogens (tertiary/aromatic N) is 5. The number of hydrogen-bond donors (Lipinski definition) is 0. The van der Waals surface area contributed by atoms with E-state index in [4.69, 9.17) is 13.8 Å². The van der Waals surface area contributed by atoms with Crippen molar-refractivity contribution in [1.82, 2.24) is 25.2 Å². The van der Waals surface area contributed by atoms with Crippen molar-refractivity contribution < 1.29 is 13.8 Å². The van der Waals surface area contributed by atoms with Gasteiger partial charge in [0.25, 0.3) is 0 Å². The highest BCUT2D eigenvalue weighted by Gasteiger charge is 2.27. The maximum atomic E-state index is 5.55. The number of piperidine rings is 1. The predicted molar refractivity (Wildman–Crippen MR) is 96.9 cm³/mol. The highest BCUT2D eigenvalue weighted by atomic mass is 16.5. The lowest BCUT2D eigenvalue weighted by Crippen LogP contribution is -2.34. The second kappa shape index (κ2) is 8.41. The molecule has 1 aliphatic heterocycles. The van der Waals surface area contributed by atoms with E-state index in [0.29, 0.717) is 43.0 Å². The zero-order chi connectivity index (χ0) is 18.5. The van der Waals surface area contributed by atoms with Gasteiger partial charge in [0, 0.05) is 25.6 Å². The van der Waals surface area contributed by atoms with Crippen LogP contribution in [-0.2, 0) is 17.7 Å². The quantitative estimate of drug-likeness (QED) is 0.628. The van der Waals surface area contributed by atoms with Gasteiger partial charge in [-0.2, -0.15) is 9.97 Å². The summed E-state index contributed by atoms with van der Waals surface area (Å²) in [7, 11) is 1.66. The van der Waals surface area contributed by atoms with E-state index in [1.807, 2.05) is 30.3 Å². The first kappa shape index (κ1) is 17.8. The fourth-order valence-corrected chi connectivity index (χ4v) is 3.35. The molecular weight excluding hydrogens is 346 g/mol. The monoisotopic (exact) mass is 369 g/mol. The summed E-state index contributed by atoms with van der Waals surface area (Å²) in [6, 6.07) is 9.89. The molecule has 0 unspecified atom stereocenters. The van der Waals surface area contributed by atoms with Crippen LogP contribution in [0.4, 0.5) is 0 Å². The average molecular weight is 369 g/mol. The molecular formula is C19H23N5O3. The maximum absolute atomic E-state index is 5.55. The molecule has 4 rings (SSSR count). The summed E-state index contributed by atoms with van der Waals surface area (Å²) < 4.78 is 16.0. The Hall–Kier alpha value is -2.58. The van der Waals surface area contributed by atoms with Crippen LogP contribution in [0.25, 0.3) is 11.4 Å². The Balaban J connectivity index is 1.38. The number of likely N-dealkylation sites (tertiary alicyclic amines) is 1. The summed E-state index contributed by atoms with van der Waals surface area (Å²) in [6.45, 7) is 3.06. The third kappa shape index (κ3) is 4.40. The van der Waals surface area contributed by atoms with E-state index in [9.17, 15) is 0 Å². The van der Waals surface area contributed by atoms with Gasteiger partial charge in [-0.15, -0.1) is 0 Å². The Kier molecular flexibility index (Phi) is 5.55. The van der Waals surface area contributed by atoms with Gasteiger partial charge in [0.05, 0.1) is 19.1 Å². The summed E-state index contributed by atoms with van der Waals surface area (Å²) in [5.41, 5.74) is 0.967. The van der Waals surface area contributed by atoms with Crippen molar-refractivity contribution in [2.75, 3.05) is 26.8 Å². The van der Waals surface area contributed by atoms with Crippen LogP contribution in [0.15, 0.2) is 39.4 Å². The van der Waals surface area contributed by atoms with Crippen LogP contribution in [0.5, 0.6) is 0 Å². The summed E-state index contributed by atoms with van der Waals surface area (Å²) in [5.74, 6) is 2.88. The fourth-order valence-electron chi connectivity index (χ4n) is 3.35. The SMILES string of the molecule is COCCc1noc(CN2CCC[C@H](c3nc(-c4ccccc4)no3)C2)n1. The van der Waals surface area contributed by atoms with Crippen molar-refractivity contribution in [2.24, 2.45) is 0 Å². The maximum Gasteiger partial charge on any atom is 0.240 e. The standard InChI is InChI=1S/C19H23N5O3/c1-25-11-9-16-20-17(26-22-16)13-24-10-5-8-15(12-24)19-21-18(23-27-19)14-6-3-2-4-7-14/h2-4,6-7,15H,5,8-13H2,1H3/t15-/m0/s1. The first-order valence-corrected chi connectivity index (χ1v) is 9.23. The minimum atomic E-state index is 0.222. The zero-order valence-electron chi connectivity index (χ0n) is 15.4. The van der Waals surface area contributed by atoms with Crippen LogP contribution in [0.3, 0.4) is 0 Å². The molecule has 3 aromatic rings. The molecule has 0 saturated carbocycles. The van der Waals surface area contributed by atoms with Crippen LogP contribution in [-0.4, -0.2) is 52.0 Å². The Morgan fingerprint density at radius 1 is 1.15 bits per heavy atom. The predicted octanol–water partition coefficient (Wildman–Crippen LogP) is 2.69. The normalized spacial score (nSPS) is 18.0. The molecule has 1 aromatic carbocycles. The highest BCUT2D eigenvalue weighted by molar-refractivity contribution is 5.53. The smallest absolute Gasteiger partial charge is 0.240 e. The van der Waals surface area contributed by atoms with Gasteiger partial charge in [-0.05, 0) is 19.4 Å². The number of methoxy groups -OCH3 is 1. The minimum absolute atomic E-state index is 0.222. The van der Waals surface area contributed by atoms with E-state index < -0.39 is 0 Å². The largest absolute Gasteiger partial charge is 0.384 e. The first-order chi connectivity index (χ1) is 13.3. The number of aromatic nitrogens is 4. The van der Waals surface area contributed by atoms with Crippen molar-refractivity contribution in [1.29, 1.82) is 0 Å². The highest BCUT2D eigenvalue weighted by Crippen LogP contribution is 2.28. The molecule has 3 heterocycles. The van der Waals surface area contributed by atoms with Gasteiger partial charge in [-0.1, -0.05) is 40.6 Å². The molecule has 8 heteroatoms. The molecule has 0 bridgehead atoms. The van der Waals surface area contributed by atoms with Gasteiger partial charge in [-0.25, -0.2) is 0 Å². The topological polar surface area (TPSA) is 90.3 Å². The summed E-state index contributed by atoms with van der Waals surface area (Å²) in [4.78, 5) is 11.3. The van der Waals surface area contributed by atoms with Crippen LogP contribution >= 0.6 is 0 Å². The third-order valence-corrected chi connectivity index (χ3v) is 4.73. The molecule has 0 N–H and O–H groups in total. The van der Waals surface area contributed by atoms with Crippen molar-refractivity contribution >= 4 is 0 Å². The van der Waals surface area contributed by atoms with Crippen molar-refractivity contribution in [3.8, 4) is 11.4 Å². The van der Waals surface area contributed by atoms with E-state index in [1.165, 1.54) is 0 Å². The molecule has 27 heavy (non-hydrogen) atoms. The number of ether oxygens (including phenoxy) is 1. The molecule has 1 saturated heterocycles. The van der Waals surface area contributed by atoms with E-state index in [2.05, 4.69) is 25.2 Å². The molecule has 142 valence electrons. The first-order valence-electron chi connectivity index (χ1n) is 9.23. The fraction of sp³-hybridized carbons (Fsp3) is 0.474. The Bertz CT molecular complexity index is 848. The van der Waals surface area contributed by atoms with E-state index in [1.54, 1.807) is 7.11 Å². The van der Waals surface area contributed by atoms with E-state index >= 15 is 0 Å². The van der Waals surface area contributed by atoms with Crippen molar-refractivity contribution in [3.63, 3.8) is 0 Å². The molecule has 8 nitrogen and oxygen atoms in total. The average Bonchev–Trinajstić information content (AvgIpc) is 3.37. The lowest BCUT2D eigenvalue weighted by molar-refractivity contribution is 0.162. The molecule has 2 aromatic heterocycles. The molecule has 0 spiro atoms. The number of hydrogen-bond acceptors (Lipinski definition) is 8. The van der Waals surface area contributed by atoms with Gasteiger partial charge in [0.15, 0.2) is 5.82 Å². The lowest BCUT2D eigenvalue weighted by Gasteiger charge is -2.29. The van der Waals surface area contributed by atoms with Gasteiger partial charge in [-0.3, -0.25) is 4.90 Å². The Labute approximate surface area is 157 Å². The van der Waals surface area contributed by atoms with Crippen LogP contribution in [0.2, 0.25) is 0 Å². The molecule has 1 aliphatic rings. The van der Waals surface area contributed by atoms with Gasteiger partial charge >= 0.3 is 0 Å². The number of benzene rings is 1. The minimum Gasteiger partial charge on any atom is -0.384 e. The zero-order valence-corrected chi connectivity index (χ0v) is 15.4. The Morgan fingerprint density at radius 2 is 2.04 bits per heavy atom. The van der Waals surface area contributed by atoms with E-state index in [-0.39, 0.29) is 5.92 Å². The Morgan fingerprint density at radius 3 is 2.89 bits per heavy atom. The second-order valence-electron chi connectivity index (χ2n) is 6.74. The second-order valence-corrected chi connectivity index (χ2v) is 6.74. The molecule has 0 aliphatic carbocycles. The van der Waals surface area contributed by atoms with Crippen LogP contribution in [0, 0.1) is 0 Å². The number of rotatable bonds is 7. The van der Waals surface area contributed by atoms with Crippen LogP contribution in [0.1, 0.15) is 36.4 Å². The molecule has 0 amide bonds. The van der Waals surface area contributed by atoms with Gasteiger partial charge in [0.2, 0.25) is 17.6 Å². The summed E-state index contributed by atoms with van der Waals surface area (Å²) in [6.07, 6.45) is 2.76. The summed E-state index contributed by atoms with van der Waals surface area (Å²) in [5, 5.41) is 8.14. The molecule has 0 radical (unpaired) electrons. The van der Waals surface area contributed by atoms with Crippen molar-refractivity contribution in [2.45, 2.75) is 31.7 Å². The third-order valence-electron chi connectivity index (χ3n) is 4.73. The van der Waals surface area contributed by atoms with E-state index in [0.717, 1.165) is 31.5 Å². The van der Waals surface area contributed by atoms with Crippen molar-refractivity contribution in [3.05, 3.63) is 47.9 Å². The molecule has 1 atom stereocenters. The van der Waals surface area contributed by atoms with Crippen LogP contribution < -0.4 is 0 Å². The van der Waals surface area contributed by atoms with Gasteiger partial charge < -0.3 is 13.8 Å².